The molecule has 0 spiro atoms. The molecule has 0 radical (unpaired) electrons. The first-order chi connectivity index (χ1) is 13.5. The van der Waals surface area contributed by atoms with Crippen molar-refractivity contribution >= 4 is 57.8 Å². The fourth-order valence-electron chi connectivity index (χ4n) is 2.52. The van der Waals surface area contributed by atoms with Gasteiger partial charge in [0.1, 0.15) is 23.0 Å². The monoisotopic (exact) mass is 432 g/mol. The largest absolute Gasteiger partial charge is 0.457 e. The van der Waals surface area contributed by atoms with E-state index in [2.05, 4.69) is 10.3 Å². The van der Waals surface area contributed by atoms with Crippen molar-refractivity contribution in [2.45, 2.75) is 0 Å². The fraction of sp³-hybridized carbons (Fsp3) is 0. The second-order valence-corrected chi connectivity index (χ2v) is 7.63. The molecule has 140 valence electrons. The molecule has 1 fully saturated rings. The van der Waals surface area contributed by atoms with Crippen molar-refractivity contribution in [3.8, 4) is 11.3 Å². The minimum Gasteiger partial charge on any atom is -0.457 e. The van der Waals surface area contributed by atoms with Crippen molar-refractivity contribution in [2.75, 3.05) is 0 Å². The van der Waals surface area contributed by atoms with Gasteiger partial charge in [-0.3, -0.25) is 4.79 Å². The second-order valence-electron chi connectivity index (χ2n) is 5.76. The first kappa shape index (κ1) is 18.8. The van der Waals surface area contributed by atoms with Gasteiger partial charge in [0.2, 0.25) is 0 Å². The van der Waals surface area contributed by atoms with Crippen LogP contribution in [0.1, 0.15) is 5.76 Å². The molecule has 0 aliphatic carbocycles. The highest BCUT2D eigenvalue weighted by molar-refractivity contribution is 8.18. The Hall–Kier alpha value is -2.54. The summed E-state index contributed by atoms with van der Waals surface area (Å²) in [6.07, 6.45) is 1.59. The molecule has 1 aromatic heterocycles. The second kappa shape index (κ2) is 7.83. The molecule has 8 heteroatoms. The smallest absolute Gasteiger partial charge is 0.264 e. The lowest BCUT2D eigenvalue weighted by Crippen LogP contribution is -2.19. The fourth-order valence-corrected chi connectivity index (χ4v) is 3.72. The maximum absolute atomic E-state index is 13.7. The highest BCUT2D eigenvalue weighted by Crippen LogP contribution is 2.34. The normalized spacial score (nSPS) is 16.8. The van der Waals surface area contributed by atoms with E-state index >= 15 is 0 Å². The average Bonchev–Trinajstić information content (AvgIpc) is 3.26. The number of thioether (sulfide) groups is 1. The van der Waals surface area contributed by atoms with Crippen molar-refractivity contribution in [2.24, 2.45) is 4.99 Å². The molecule has 1 aliphatic heterocycles. The molecular weight excluding hydrogens is 422 g/mol. The summed E-state index contributed by atoms with van der Waals surface area (Å²) in [5.74, 6) is 0.203. The molecular formula is C20H11Cl2FN2O2S. The summed E-state index contributed by atoms with van der Waals surface area (Å²) in [6, 6.07) is 14.6. The number of furan rings is 1. The van der Waals surface area contributed by atoms with Gasteiger partial charge < -0.3 is 9.73 Å². The number of hydrogen-bond donors (Lipinski definition) is 1. The summed E-state index contributed by atoms with van der Waals surface area (Å²) < 4.78 is 19.5. The van der Waals surface area contributed by atoms with E-state index in [1.54, 1.807) is 48.5 Å². The third kappa shape index (κ3) is 3.99. The molecule has 1 amide bonds. The molecule has 2 aromatic carbocycles. The Morgan fingerprint density at radius 2 is 1.93 bits per heavy atom. The number of para-hydroxylation sites is 1. The van der Waals surface area contributed by atoms with Crippen LogP contribution in [0.2, 0.25) is 10.0 Å². The van der Waals surface area contributed by atoms with Crippen molar-refractivity contribution in [3.05, 3.63) is 81.1 Å². The number of benzene rings is 2. The minimum absolute atomic E-state index is 0.155. The molecule has 1 N–H and O–H groups in total. The van der Waals surface area contributed by atoms with Crippen LogP contribution in [0.15, 0.2) is 68.9 Å². The molecule has 0 bridgehead atoms. The molecule has 4 rings (SSSR count). The molecule has 0 unspecified atom stereocenters. The highest BCUT2D eigenvalue weighted by Gasteiger charge is 2.24. The third-order valence-corrected chi connectivity index (χ3v) is 5.29. The van der Waals surface area contributed by atoms with Gasteiger partial charge in [0.15, 0.2) is 5.17 Å². The van der Waals surface area contributed by atoms with Crippen LogP contribution in [0.5, 0.6) is 0 Å². The van der Waals surface area contributed by atoms with E-state index in [1.807, 2.05) is 0 Å². The van der Waals surface area contributed by atoms with Gasteiger partial charge in [-0.2, -0.15) is 0 Å². The van der Waals surface area contributed by atoms with Gasteiger partial charge in [0.25, 0.3) is 5.91 Å². The first-order valence-electron chi connectivity index (χ1n) is 8.09. The van der Waals surface area contributed by atoms with Gasteiger partial charge in [0.05, 0.1) is 9.93 Å². The minimum atomic E-state index is -0.462. The van der Waals surface area contributed by atoms with Crippen LogP contribution < -0.4 is 5.32 Å². The Labute approximate surface area is 174 Å². The summed E-state index contributed by atoms with van der Waals surface area (Å²) in [5, 5.41) is 3.95. The predicted molar refractivity (Wildman–Crippen MR) is 111 cm³/mol. The highest BCUT2D eigenvalue weighted by atomic mass is 35.5. The summed E-state index contributed by atoms with van der Waals surface area (Å²) in [4.78, 5) is 16.7. The topological polar surface area (TPSA) is 54.6 Å². The zero-order chi connectivity index (χ0) is 19.7. The number of carbonyl (C=O) groups excluding carboxylic acids is 1. The van der Waals surface area contributed by atoms with E-state index in [0.29, 0.717) is 37.2 Å². The quantitative estimate of drug-likeness (QED) is 0.495. The standard InChI is InChI=1S/C20H11Cl2FN2O2S/c21-11-5-7-14(22)13(9-11)17-8-6-12(27-17)10-18-19(26)25-20(28-18)24-16-4-2-1-3-15(16)23/h1-10H,(H,24,25,26)/b18-10+. The lowest BCUT2D eigenvalue weighted by atomic mass is 10.2. The molecule has 28 heavy (non-hydrogen) atoms. The van der Waals surface area contributed by atoms with Crippen LogP contribution in [0, 0.1) is 5.82 Å². The van der Waals surface area contributed by atoms with Gasteiger partial charge in [-0.25, -0.2) is 9.38 Å². The number of hydrogen-bond acceptors (Lipinski definition) is 4. The number of halogens is 3. The number of aliphatic imine (C=N–C) groups is 1. The van der Waals surface area contributed by atoms with Crippen LogP contribution in [0.25, 0.3) is 17.4 Å². The lowest BCUT2D eigenvalue weighted by molar-refractivity contribution is -0.115. The SMILES string of the molecule is O=C1NC(=Nc2ccccc2F)S/C1=C/c1ccc(-c2cc(Cl)ccc2Cl)o1. The van der Waals surface area contributed by atoms with Crippen LogP contribution in [0.4, 0.5) is 10.1 Å². The molecule has 0 atom stereocenters. The van der Waals surface area contributed by atoms with Crippen molar-refractivity contribution in [3.63, 3.8) is 0 Å². The molecule has 4 nitrogen and oxygen atoms in total. The van der Waals surface area contributed by atoms with E-state index < -0.39 is 5.82 Å². The zero-order valence-corrected chi connectivity index (χ0v) is 16.4. The Bertz CT molecular complexity index is 1140. The summed E-state index contributed by atoms with van der Waals surface area (Å²) >= 11 is 13.3. The van der Waals surface area contributed by atoms with Crippen molar-refractivity contribution in [1.29, 1.82) is 0 Å². The number of rotatable bonds is 3. The van der Waals surface area contributed by atoms with Crippen LogP contribution >= 0.6 is 35.0 Å². The molecule has 2 heterocycles. The number of amides is 1. The number of nitrogens with zero attached hydrogens (tertiary/aromatic N) is 1. The van der Waals surface area contributed by atoms with Gasteiger partial charge in [-0.15, -0.1) is 0 Å². The van der Waals surface area contributed by atoms with Gasteiger partial charge in [0, 0.05) is 16.7 Å². The van der Waals surface area contributed by atoms with E-state index in [0.717, 1.165) is 11.8 Å². The van der Waals surface area contributed by atoms with Crippen LogP contribution in [-0.2, 0) is 4.79 Å². The number of amidine groups is 1. The van der Waals surface area contributed by atoms with E-state index in [-0.39, 0.29) is 11.6 Å². The van der Waals surface area contributed by atoms with Gasteiger partial charge >= 0.3 is 0 Å². The molecule has 0 saturated carbocycles. The van der Waals surface area contributed by atoms with E-state index in [4.69, 9.17) is 27.6 Å². The number of nitrogens with one attached hydrogen (secondary N) is 1. The van der Waals surface area contributed by atoms with E-state index in [1.165, 1.54) is 12.1 Å². The zero-order valence-electron chi connectivity index (χ0n) is 14.1. The maximum atomic E-state index is 13.7. The summed E-state index contributed by atoms with van der Waals surface area (Å²) in [6.45, 7) is 0. The third-order valence-electron chi connectivity index (χ3n) is 3.82. The first-order valence-corrected chi connectivity index (χ1v) is 9.66. The molecule has 3 aromatic rings. The molecule has 1 aliphatic rings. The van der Waals surface area contributed by atoms with Gasteiger partial charge in [-0.05, 0) is 54.2 Å². The Morgan fingerprint density at radius 3 is 2.75 bits per heavy atom. The van der Waals surface area contributed by atoms with Crippen molar-refractivity contribution in [1.82, 2.24) is 5.32 Å². The average molecular weight is 433 g/mol. The van der Waals surface area contributed by atoms with Crippen LogP contribution in [-0.4, -0.2) is 11.1 Å². The van der Waals surface area contributed by atoms with Crippen molar-refractivity contribution < 1.29 is 13.6 Å². The van der Waals surface area contributed by atoms with Gasteiger partial charge in [-0.1, -0.05) is 35.3 Å². The molecule has 1 saturated heterocycles. The van der Waals surface area contributed by atoms with Crippen LogP contribution in [0.3, 0.4) is 0 Å². The predicted octanol–water partition coefficient (Wildman–Crippen LogP) is 6.28. The van der Waals surface area contributed by atoms with E-state index in [9.17, 15) is 9.18 Å². The number of carbonyl (C=O) groups is 1. The Morgan fingerprint density at radius 1 is 1.11 bits per heavy atom. The Kier molecular flexibility index (Phi) is 5.26. The Balaban J connectivity index is 1.58. The summed E-state index contributed by atoms with van der Waals surface area (Å²) in [5.41, 5.74) is 0.812. The summed E-state index contributed by atoms with van der Waals surface area (Å²) in [7, 11) is 0. The maximum Gasteiger partial charge on any atom is 0.264 e. The lowest BCUT2D eigenvalue weighted by Gasteiger charge is -2.01.